The Morgan fingerprint density at radius 3 is 2.72 bits per heavy atom. The minimum Gasteiger partial charge on any atom is -0.480 e. The van der Waals surface area contributed by atoms with E-state index in [9.17, 15) is 19.5 Å². The van der Waals surface area contributed by atoms with Gasteiger partial charge in [-0.05, 0) is 55.9 Å². The SMILES string of the molecule is CC(=O)N1CCN(CC[C@H](NC(=O)c2ccccc2)C(=O)O)C[C@@H]1CCc1ccc2c(n1)NCCC2. The van der Waals surface area contributed by atoms with Crippen molar-refractivity contribution in [2.24, 2.45) is 0 Å². The fraction of sp³-hybridized carbons (Fsp3) is 0.481. The zero-order valence-electron chi connectivity index (χ0n) is 20.8. The molecule has 0 radical (unpaired) electrons. The maximum atomic E-state index is 12.4. The zero-order chi connectivity index (χ0) is 25.5. The number of pyridine rings is 1. The molecule has 0 spiro atoms. The third-order valence-electron chi connectivity index (χ3n) is 7.03. The molecular weight excluding hydrogens is 458 g/mol. The van der Waals surface area contributed by atoms with Crippen LogP contribution >= 0.6 is 0 Å². The van der Waals surface area contributed by atoms with Crippen molar-refractivity contribution in [2.45, 2.75) is 51.1 Å². The molecule has 3 N–H and O–H groups in total. The van der Waals surface area contributed by atoms with Gasteiger partial charge < -0.3 is 20.6 Å². The van der Waals surface area contributed by atoms with Crippen molar-refractivity contribution < 1.29 is 19.5 Å². The van der Waals surface area contributed by atoms with Crippen molar-refractivity contribution in [2.75, 3.05) is 38.0 Å². The predicted octanol–water partition coefficient (Wildman–Crippen LogP) is 2.18. The summed E-state index contributed by atoms with van der Waals surface area (Å²) in [6, 6.07) is 11.9. The number of benzene rings is 1. The largest absolute Gasteiger partial charge is 0.480 e. The number of carboxylic acid groups (broad SMARTS) is 1. The van der Waals surface area contributed by atoms with Crippen LogP contribution in [0, 0.1) is 0 Å². The molecule has 2 aromatic rings. The molecular formula is C27H35N5O4. The van der Waals surface area contributed by atoms with Gasteiger partial charge in [0.2, 0.25) is 5.91 Å². The molecule has 1 fully saturated rings. The average molecular weight is 494 g/mol. The highest BCUT2D eigenvalue weighted by molar-refractivity contribution is 5.96. The molecule has 1 aromatic heterocycles. The Bertz CT molecular complexity index is 1080. The van der Waals surface area contributed by atoms with Crippen LogP contribution in [-0.4, -0.2) is 82.5 Å². The first-order valence-electron chi connectivity index (χ1n) is 12.7. The number of carboxylic acids is 1. The summed E-state index contributed by atoms with van der Waals surface area (Å²) in [6.07, 6.45) is 4.02. The molecule has 4 rings (SSSR count). The molecule has 9 nitrogen and oxygen atoms in total. The summed E-state index contributed by atoms with van der Waals surface area (Å²) in [4.78, 5) is 45.4. The van der Waals surface area contributed by atoms with Gasteiger partial charge in [0.05, 0.1) is 0 Å². The monoisotopic (exact) mass is 493 g/mol. The first-order valence-corrected chi connectivity index (χ1v) is 12.7. The summed E-state index contributed by atoms with van der Waals surface area (Å²) in [6.45, 7) is 5.02. The van der Waals surface area contributed by atoms with Gasteiger partial charge in [0.15, 0.2) is 0 Å². The summed E-state index contributed by atoms with van der Waals surface area (Å²) in [5.74, 6) is -0.414. The minimum atomic E-state index is -1.05. The van der Waals surface area contributed by atoms with Crippen molar-refractivity contribution in [3.63, 3.8) is 0 Å². The molecule has 0 bridgehead atoms. The van der Waals surface area contributed by atoms with Gasteiger partial charge in [-0.1, -0.05) is 24.3 Å². The van der Waals surface area contributed by atoms with Crippen molar-refractivity contribution in [1.82, 2.24) is 20.1 Å². The van der Waals surface area contributed by atoms with Crippen LogP contribution in [0.2, 0.25) is 0 Å². The minimum absolute atomic E-state index is 0.0317. The lowest BCUT2D eigenvalue weighted by molar-refractivity contribution is -0.139. The molecule has 2 aliphatic heterocycles. The van der Waals surface area contributed by atoms with E-state index in [0.29, 0.717) is 38.2 Å². The van der Waals surface area contributed by atoms with E-state index >= 15 is 0 Å². The van der Waals surface area contributed by atoms with E-state index < -0.39 is 17.9 Å². The number of anilines is 1. The van der Waals surface area contributed by atoms with Crippen LogP contribution in [-0.2, 0) is 22.4 Å². The van der Waals surface area contributed by atoms with Crippen LogP contribution in [0.1, 0.15) is 47.8 Å². The normalized spacial score (nSPS) is 18.6. The zero-order valence-corrected chi connectivity index (χ0v) is 20.8. The van der Waals surface area contributed by atoms with Crippen LogP contribution < -0.4 is 10.6 Å². The second-order valence-electron chi connectivity index (χ2n) is 9.57. The second kappa shape index (κ2) is 12.0. The lowest BCUT2D eigenvalue weighted by Gasteiger charge is -2.41. The molecule has 1 saturated heterocycles. The Morgan fingerprint density at radius 2 is 1.97 bits per heavy atom. The number of aromatic nitrogens is 1. The highest BCUT2D eigenvalue weighted by Gasteiger charge is 2.30. The number of nitrogens with zero attached hydrogens (tertiary/aromatic N) is 3. The van der Waals surface area contributed by atoms with E-state index in [4.69, 9.17) is 4.98 Å². The average Bonchev–Trinajstić information content (AvgIpc) is 2.89. The van der Waals surface area contributed by atoms with Gasteiger partial charge in [0.1, 0.15) is 11.9 Å². The predicted molar refractivity (Wildman–Crippen MR) is 137 cm³/mol. The first kappa shape index (κ1) is 25.6. The van der Waals surface area contributed by atoms with Gasteiger partial charge in [-0.15, -0.1) is 0 Å². The number of rotatable bonds is 9. The van der Waals surface area contributed by atoms with Crippen LogP contribution in [0.4, 0.5) is 5.82 Å². The summed E-state index contributed by atoms with van der Waals surface area (Å²) in [7, 11) is 0. The van der Waals surface area contributed by atoms with E-state index in [0.717, 1.165) is 43.7 Å². The standard InChI is InChI=1S/C27H35N5O4/c1-19(33)32-17-16-31(15-13-24(27(35)36)30-26(34)21-6-3-2-4-7-21)18-23(32)12-11-22-10-9-20-8-5-14-28-25(20)29-22/h2-4,6-7,9-10,23-24H,5,8,11-18H2,1H3,(H,28,29)(H,30,34)(H,35,36)/t23-,24-/m0/s1. The molecule has 0 unspecified atom stereocenters. The number of piperazine rings is 1. The number of carbonyl (C=O) groups excluding carboxylic acids is 2. The summed E-state index contributed by atoms with van der Waals surface area (Å²) in [5, 5.41) is 15.7. The number of fused-ring (bicyclic) bond motifs is 1. The summed E-state index contributed by atoms with van der Waals surface area (Å²) >= 11 is 0. The third-order valence-corrected chi connectivity index (χ3v) is 7.03. The van der Waals surface area contributed by atoms with Gasteiger partial charge in [-0.2, -0.15) is 0 Å². The Hall–Kier alpha value is -3.46. The first-order chi connectivity index (χ1) is 17.4. The Labute approximate surface area is 211 Å². The van der Waals surface area contributed by atoms with Gasteiger partial charge in [-0.25, -0.2) is 9.78 Å². The number of nitrogens with one attached hydrogen (secondary N) is 2. The van der Waals surface area contributed by atoms with Gasteiger partial charge in [0, 0.05) is 56.9 Å². The lowest BCUT2D eigenvalue weighted by Crippen LogP contribution is -2.55. The van der Waals surface area contributed by atoms with Gasteiger partial charge in [0.25, 0.3) is 5.91 Å². The van der Waals surface area contributed by atoms with Crippen molar-refractivity contribution in [1.29, 1.82) is 0 Å². The fourth-order valence-electron chi connectivity index (χ4n) is 5.01. The number of hydrogen-bond acceptors (Lipinski definition) is 6. The molecule has 3 heterocycles. The summed E-state index contributed by atoms with van der Waals surface area (Å²) in [5.41, 5.74) is 2.70. The van der Waals surface area contributed by atoms with Gasteiger partial charge >= 0.3 is 5.97 Å². The number of aryl methyl sites for hydroxylation is 2. The number of carbonyl (C=O) groups is 3. The second-order valence-corrected chi connectivity index (χ2v) is 9.57. The van der Waals surface area contributed by atoms with Crippen molar-refractivity contribution in [3.8, 4) is 0 Å². The van der Waals surface area contributed by atoms with E-state index in [2.05, 4.69) is 27.7 Å². The van der Waals surface area contributed by atoms with E-state index in [1.807, 2.05) is 4.90 Å². The molecule has 0 aliphatic carbocycles. The molecule has 1 aromatic carbocycles. The molecule has 36 heavy (non-hydrogen) atoms. The summed E-state index contributed by atoms with van der Waals surface area (Å²) < 4.78 is 0. The van der Waals surface area contributed by atoms with Crippen LogP contribution in [0.15, 0.2) is 42.5 Å². The van der Waals surface area contributed by atoms with Crippen molar-refractivity contribution in [3.05, 3.63) is 59.3 Å². The molecule has 9 heteroatoms. The van der Waals surface area contributed by atoms with Crippen LogP contribution in [0.3, 0.4) is 0 Å². The van der Waals surface area contributed by atoms with E-state index in [1.165, 1.54) is 5.56 Å². The highest BCUT2D eigenvalue weighted by Crippen LogP contribution is 2.22. The number of aliphatic carboxylic acids is 1. The molecule has 2 atom stereocenters. The van der Waals surface area contributed by atoms with E-state index in [-0.39, 0.29) is 11.9 Å². The van der Waals surface area contributed by atoms with Crippen LogP contribution in [0.25, 0.3) is 0 Å². The Morgan fingerprint density at radius 1 is 1.17 bits per heavy atom. The Kier molecular flexibility index (Phi) is 8.53. The van der Waals surface area contributed by atoms with Crippen molar-refractivity contribution >= 4 is 23.6 Å². The molecule has 2 aliphatic rings. The quantitative estimate of drug-likeness (QED) is 0.490. The third kappa shape index (κ3) is 6.60. The maximum Gasteiger partial charge on any atom is 0.326 e. The fourth-order valence-corrected chi connectivity index (χ4v) is 5.01. The van der Waals surface area contributed by atoms with Crippen LogP contribution in [0.5, 0.6) is 0 Å². The lowest BCUT2D eigenvalue weighted by atomic mass is 10.0. The molecule has 0 saturated carbocycles. The number of hydrogen-bond donors (Lipinski definition) is 3. The van der Waals surface area contributed by atoms with E-state index in [1.54, 1.807) is 37.3 Å². The highest BCUT2D eigenvalue weighted by atomic mass is 16.4. The smallest absolute Gasteiger partial charge is 0.326 e. The molecule has 192 valence electrons. The number of amides is 2. The topological polar surface area (TPSA) is 115 Å². The molecule has 2 amide bonds. The maximum absolute atomic E-state index is 12.4. The Balaban J connectivity index is 1.33. The van der Waals surface area contributed by atoms with Gasteiger partial charge in [-0.3, -0.25) is 14.5 Å².